The average molecular weight is 383 g/mol. The number of halogens is 1. The third kappa shape index (κ3) is 5.21. The van der Waals surface area contributed by atoms with Gasteiger partial charge in [0.1, 0.15) is 5.76 Å². The van der Waals surface area contributed by atoms with Gasteiger partial charge in [0.2, 0.25) is 11.8 Å². The highest BCUT2D eigenvalue weighted by Crippen LogP contribution is 2.25. The molecule has 3 rings (SSSR count). The maximum atomic E-state index is 13.0. The third-order valence-corrected chi connectivity index (χ3v) is 4.28. The zero-order valence-electron chi connectivity index (χ0n) is 14.7. The van der Waals surface area contributed by atoms with E-state index in [-0.39, 0.29) is 11.8 Å². The Kier molecular flexibility index (Phi) is 5.94. The highest BCUT2D eigenvalue weighted by Gasteiger charge is 2.22. The molecule has 0 saturated heterocycles. The van der Waals surface area contributed by atoms with Gasteiger partial charge in [0.25, 0.3) is 0 Å². The van der Waals surface area contributed by atoms with Crippen molar-refractivity contribution in [3.05, 3.63) is 83.3 Å². The number of amides is 2. The minimum Gasteiger partial charge on any atom is -0.469 e. The van der Waals surface area contributed by atoms with E-state index in [0.717, 1.165) is 11.3 Å². The zero-order valence-corrected chi connectivity index (χ0v) is 15.5. The second kappa shape index (κ2) is 8.56. The molecular weight excluding hydrogens is 364 g/mol. The van der Waals surface area contributed by atoms with Crippen LogP contribution in [-0.4, -0.2) is 11.8 Å². The first kappa shape index (κ1) is 18.7. The normalized spacial score (nSPS) is 11.6. The molecule has 1 unspecified atom stereocenters. The highest BCUT2D eigenvalue weighted by molar-refractivity contribution is 6.30. The summed E-state index contributed by atoms with van der Waals surface area (Å²) >= 11 is 5.97. The molecule has 2 amide bonds. The van der Waals surface area contributed by atoms with Gasteiger partial charge in [0.15, 0.2) is 0 Å². The van der Waals surface area contributed by atoms with Gasteiger partial charge in [-0.3, -0.25) is 9.59 Å². The largest absolute Gasteiger partial charge is 0.469 e. The van der Waals surface area contributed by atoms with Crippen molar-refractivity contribution in [2.75, 3.05) is 10.6 Å². The fraction of sp³-hybridized carbons (Fsp3) is 0.143. The van der Waals surface area contributed by atoms with E-state index in [1.165, 1.54) is 6.92 Å². The molecular formula is C21H19ClN2O3. The number of furan rings is 1. The molecule has 1 aromatic heterocycles. The van der Waals surface area contributed by atoms with Crippen LogP contribution in [0.1, 0.15) is 24.2 Å². The summed E-state index contributed by atoms with van der Waals surface area (Å²) in [6, 6.07) is 17.8. The van der Waals surface area contributed by atoms with Crippen molar-refractivity contribution in [2.45, 2.75) is 19.3 Å². The standard InChI is InChI=1S/C21H19ClN2O3/c1-14(25)23-17-4-2-5-18(12-17)24-21(26)20(13-19-6-3-11-27-19)15-7-9-16(22)10-8-15/h2-12,20H,13H2,1H3,(H,23,25)(H,24,26). The van der Waals surface area contributed by atoms with E-state index in [0.29, 0.717) is 22.8 Å². The Hall–Kier alpha value is -3.05. The Morgan fingerprint density at radius 2 is 1.70 bits per heavy atom. The van der Waals surface area contributed by atoms with E-state index in [4.69, 9.17) is 16.0 Å². The van der Waals surface area contributed by atoms with Crippen molar-refractivity contribution in [3.8, 4) is 0 Å². The van der Waals surface area contributed by atoms with Crippen LogP contribution >= 0.6 is 11.6 Å². The lowest BCUT2D eigenvalue weighted by atomic mass is 9.93. The monoisotopic (exact) mass is 382 g/mol. The van der Waals surface area contributed by atoms with Crippen LogP contribution in [0.2, 0.25) is 5.02 Å². The molecule has 0 fully saturated rings. The molecule has 0 aliphatic heterocycles. The molecule has 3 aromatic rings. The number of hydrogen-bond donors (Lipinski definition) is 2. The van der Waals surface area contributed by atoms with Crippen molar-refractivity contribution in [1.29, 1.82) is 0 Å². The Balaban J connectivity index is 1.82. The number of rotatable bonds is 6. The molecule has 2 N–H and O–H groups in total. The maximum Gasteiger partial charge on any atom is 0.232 e. The molecule has 1 atom stereocenters. The summed E-state index contributed by atoms with van der Waals surface area (Å²) in [5.41, 5.74) is 2.06. The maximum absolute atomic E-state index is 13.0. The number of carbonyl (C=O) groups is 2. The Labute approximate surface area is 162 Å². The lowest BCUT2D eigenvalue weighted by Crippen LogP contribution is -2.23. The van der Waals surface area contributed by atoms with Gasteiger partial charge in [-0.25, -0.2) is 0 Å². The minimum absolute atomic E-state index is 0.171. The summed E-state index contributed by atoms with van der Waals surface area (Å²) in [6.07, 6.45) is 2.01. The van der Waals surface area contributed by atoms with E-state index in [2.05, 4.69) is 10.6 Å². The van der Waals surface area contributed by atoms with Gasteiger partial charge in [0, 0.05) is 29.7 Å². The molecule has 27 heavy (non-hydrogen) atoms. The van der Waals surface area contributed by atoms with Crippen LogP contribution in [0.4, 0.5) is 11.4 Å². The second-order valence-electron chi connectivity index (χ2n) is 6.14. The molecule has 0 spiro atoms. The topological polar surface area (TPSA) is 71.3 Å². The van der Waals surface area contributed by atoms with Crippen molar-refractivity contribution in [1.82, 2.24) is 0 Å². The van der Waals surface area contributed by atoms with E-state index >= 15 is 0 Å². The summed E-state index contributed by atoms with van der Waals surface area (Å²) in [7, 11) is 0. The molecule has 5 nitrogen and oxygen atoms in total. The van der Waals surface area contributed by atoms with Crippen molar-refractivity contribution in [3.63, 3.8) is 0 Å². The van der Waals surface area contributed by atoms with Crippen LogP contribution in [0.25, 0.3) is 0 Å². The van der Waals surface area contributed by atoms with Crippen LogP contribution < -0.4 is 10.6 Å². The van der Waals surface area contributed by atoms with Gasteiger partial charge in [-0.1, -0.05) is 29.8 Å². The van der Waals surface area contributed by atoms with E-state index in [1.807, 2.05) is 18.2 Å². The Bertz CT molecular complexity index is 921. The zero-order chi connectivity index (χ0) is 19.2. The van der Waals surface area contributed by atoms with Gasteiger partial charge in [-0.15, -0.1) is 0 Å². The van der Waals surface area contributed by atoms with Crippen LogP contribution in [0.5, 0.6) is 0 Å². The van der Waals surface area contributed by atoms with E-state index in [1.54, 1.807) is 48.7 Å². The first-order chi connectivity index (χ1) is 13.0. The number of nitrogens with one attached hydrogen (secondary N) is 2. The van der Waals surface area contributed by atoms with Gasteiger partial charge < -0.3 is 15.1 Å². The summed E-state index contributed by atoms with van der Waals surface area (Å²) < 4.78 is 5.42. The second-order valence-corrected chi connectivity index (χ2v) is 6.58. The van der Waals surface area contributed by atoms with Crippen LogP contribution in [0, 0.1) is 0 Å². The average Bonchev–Trinajstić information content (AvgIpc) is 3.13. The van der Waals surface area contributed by atoms with Gasteiger partial charge in [0.05, 0.1) is 12.2 Å². The van der Waals surface area contributed by atoms with Crippen molar-refractivity contribution >= 4 is 34.8 Å². The predicted molar refractivity (Wildman–Crippen MR) is 106 cm³/mol. The van der Waals surface area contributed by atoms with Crippen molar-refractivity contribution < 1.29 is 14.0 Å². The third-order valence-electron chi connectivity index (χ3n) is 4.02. The lowest BCUT2D eigenvalue weighted by molar-refractivity contribution is -0.117. The van der Waals surface area contributed by atoms with E-state index < -0.39 is 5.92 Å². The number of hydrogen-bond acceptors (Lipinski definition) is 3. The first-order valence-corrected chi connectivity index (χ1v) is 8.85. The number of anilines is 2. The number of benzene rings is 2. The van der Waals surface area contributed by atoms with E-state index in [9.17, 15) is 9.59 Å². The van der Waals surface area contributed by atoms with Gasteiger partial charge >= 0.3 is 0 Å². The Morgan fingerprint density at radius 3 is 2.33 bits per heavy atom. The summed E-state index contributed by atoms with van der Waals surface area (Å²) in [5, 5.41) is 6.23. The molecule has 138 valence electrons. The van der Waals surface area contributed by atoms with Crippen LogP contribution in [-0.2, 0) is 16.0 Å². The summed E-state index contributed by atoms with van der Waals surface area (Å²) in [5.74, 6) is -0.0704. The molecule has 0 aliphatic carbocycles. The van der Waals surface area contributed by atoms with Gasteiger partial charge in [-0.05, 0) is 48.0 Å². The molecule has 2 aromatic carbocycles. The fourth-order valence-electron chi connectivity index (χ4n) is 2.79. The SMILES string of the molecule is CC(=O)Nc1cccc(NC(=O)C(Cc2ccco2)c2ccc(Cl)cc2)c1. The van der Waals surface area contributed by atoms with Crippen LogP contribution in [0.3, 0.4) is 0 Å². The summed E-state index contributed by atoms with van der Waals surface area (Å²) in [6.45, 7) is 1.44. The minimum atomic E-state index is -0.446. The lowest BCUT2D eigenvalue weighted by Gasteiger charge is -2.17. The molecule has 0 bridgehead atoms. The highest BCUT2D eigenvalue weighted by atomic mass is 35.5. The molecule has 0 aliphatic rings. The smallest absolute Gasteiger partial charge is 0.232 e. The Morgan fingerprint density at radius 1 is 1.00 bits per heavy atom. The molecule has 6 heteroatoms. The molecule has 1 heterocycles. The first-order valence-electron chi connectivity index (χ1n) is 8.47. The van der Waals surface area contributed by atoms with Gasteiger partial charge in [-0.2, -0.15) is 0 Å². The quantitative estimate of drug-likeness (QED) is 0.639. The van der Waals surface area contributed by atoms with Crippen LogP contribution in [0.15, 0.2) is 71.3 Å². The number of carbonyl (C=O) groups excluding carboxylic acids is 2. The molecule has 0 saturated carbocycles. The molecule has 0 radical (unpaired) electrons. The predicted octanol–water partition coefficient (Wildman–Crippen LogP) is 4.86. The fourth-order valence-corrected chi connectivity index (χ4v) is 2.92. The van der Waals surface area contributed by atoms with Crippen molar-refractivity contribution in [2.24, 2.45) is 0 Å². The summed E-state index contributed by atoms with van der Waals surface area (Å²) in [4.78, 5) is 24.2.